The van der Waals surface area contributed by atoms with Gasteiger partial charge in [0, 0.05) is 6.42 Å². The Balaban J connectivity index is 0.000000200. The number of hydrogen-bond acceptors (Lipinski definition) is 4. The number of thioether (sulfide) groups is 2. The van der Waals surface area contributed by atoms with Crippen LogP contribution >= 0.6 is 23.5 Å². The average Bonchev–Trinajstić information content (AvgIpc) is 2.40. The van der Waals surface area contributed by atoms with Crippen LogP contribution < -0.4 is 0 Å². The predicted octanol–water partition coefficient (Wildman–Crippen LogP) is 4.14. The third kappa shape index (κ3) is 8.85. The van der Waals surface area contributed by atoms with Gasteiger partial charge in [0.2, 0.25) is 0 Å². The molecule has 0 aromatic carbocycles. The minimum absolute atomic E-state index is 0.196. The molecule has 2 nitrogen and oxygen atoms in total. The summed E-state index contributed by atoms with van der Waals surface area (Å²) in [6, 6.07) is 0. The standard InChI is InChI=1S/C8H14OS.C8H12OS/c2*1-7(9)6-8-2-4-10-5-3-8/h8H,2-6H2,1H3;6H,2-5H2,1H3. The van der Waals surface area contributed by atoms with Gasteiger partial charge in [0.05, 0.1) is 0 Å². The van der Waals surface area contributed by atoms with Crippen LogP contribution in [0.4, 0.5) is 0 Å². The second-order valence-corrected chi connectivity index (χ2v) is 7.94. The first-order valence-electron chi connectivity index (χ1n) is 7.43. The normalized spacial score (nSPS) is 19.8. The molecular weight excluding hydrogens is 288 g/mol. The summed E-state index contributed by atoms with van der Waals surface area (Å²) in [6.07, 6.45) is 7.35. The maximum Gasteiger partial charge on any atom is 0.152 e. The summed E-state index contributed by atoms with van der Waals surface area (Å²) >= 11 is 3.99. The second kappa shape index (κ2) is 10.5. The molecule has 2 aliphatic rings. The number of rotatable bonds is 3. The van der Waals surface area contributed by atoms with E-state index in [2.05, 4.69) is 0 Å². The van der Waals surface area contributed by atoms with Crippen LogP contribution in [-0.4, -0.2) is 34.6 Å². The molecular formula is C16H26O2S2. The molecule has 0 amide bonds. The van der Waals surface area contributed by atoms with Crippen molar-refractivity contribution in [1.82, 2.24) is 0 Å². The minimum atomic E-state index is 0.196. The van der Waals surface area contributed by atoms with Gasteiger partial charge in [0.15, 0.2) is 5.78 Å². The first-order valence-corrected chi connectivity index (χ1v) is 9.74. The molecule has 20 heavy (non-hydrogen) atoms. The molecule has 2 fully saturated rings. The molecule has 0 N–H and O–H groups in total. The van der Waals surface area contributed by atoms with E-state index < -0.39 is 0 Å². The zero-order chi connectivity index (χ0) is 14.8. The molecule has 0 saturated carbocycles. The Morgan fingerprint density at radius 2 is 1.60 bits per heavy atom. The lowest BCUT2D eigenvalue weighted by Gasteiger charge is -2.19. The quantitative estimate of drug-likeness (QED) is 0.733. The molecule has 0 radical (unpaired) electrons. The molecule has 0 atom stereocenters. The van der Waals surface area contributed by atoms with Gasteiger partial charge in [-0.05, 0) is 74.5 Å². The summed E-state index contributed by atoms with van der Waals surface area (Å²) in [5, 5.41) is 0. The smallest absolute Gasteiger partial charge is 0.152 e. The van der Waals surface area contributed by atoms with Crippen molar-refractivity contribution in [2.75, 3.05) is 23.0 Å². The molecule has 2 aliphatic heterocycles. The Bertz CT molecular complexity index is 336. The third-order valence-electron chi connectivity index (χ3n) is 3.46. The van der Waals surface area contributed by atoms with Gasteiger partial charge in [-0.25, -0.2) is 0 Å². The number of carbonyl (C=O) groups excluding carboxylic acids is 2. The second-order valence-electron chi connectivity index (χ2n) is 5.49. The van der Waals surface area contributed by atoms with Gasteiger partial charge in [-0.3, -0.25) is 4.79 Å². The largest absolute Gasteiger partial charge is 0.300 e. The van der Waals surface area contributed by atoms with E-state index in [4.69, 9.17) is 0 Å². The van der Waals surface area contributed by atoms with Crippen molar-refractivity contribution < 1.29 is 9.59 Å². The third-order valence-corrected chi connectivity index (χ3v) is 5.49. The highest BCUT2D eigenvalue weighted by atomic mass is 32.2. The Morgan fingerprint density at radius 1 is 1.05 bits per heavy atom. The molecule has 0 bridgehead atoms. The van der Waals surface area contributed by atoms with Gasteiger partial charge < -0.3 is 4.79 Å². The van der Waals surface area contributed by atoms with E-state index in [1.165, 1.54) is 41.4 Å². The lowest BCUT2D eigenvalue weighted by molar-refractivity contribution is -0.118. The molecule has 2 saturated heterocycles. The van der Waals surface area contributed by atoms with Gasteiger partial charge in [-0.1, -0.05) is 5.57 Å². The summed E-state index contributed by atoms with van der Waals surface area (Å²) in [7, 11) is 0. The van der Waals surface area contributed by atoms with Crippen LogP contribution in [-0.2, 0) is 9.59 Å². The maximum atomic E-state index is 10.7. The Kier molecular flexibility index (Phi) is 9.36. The van der Waals surface area contributed by atoms with E-state index in [1.807, 2.05) is 23.5 Å². The molecule has 2 rings (SSSR count). The summed E-state index contributed by atoms with van der Waals surface area (Å²) in [5.74, 6) is 6.17. The van der Waals surface area contributed by atoms with E-state index in [-0.39, 0.29) is 5.78 Å². The van der Waals surface area contributed by atoms with Crippen LogP contribution in [0.25, 0.3) is 0 Å². The fraction of sp³-hybridized carbons (Fsp3) is 0.750. The average molecular weight is 315 g/mol. The summed E-state index contributed by atoms with van der Waals surface area (Å²) in [6.45, 7) is 3.32. The van der Waals surface area contributed by atoms with Crippen molar-refractivity contribution in [1.29, 1.82) is 0 Å². The molecule has 0 aromatic rings. The zero-order valence-corrected chi connectivity index (χ0v) is 14.3. The van der Waals surface area contributed by atoms with Crippen LogP contribution in [0.5, 0.6) is 0 Å². The predicted molar refractivity (Wildman–Crippen MR) is 90.7 cm³/mol. The first kappa shape index (κ1) is 17.8. The Labute approximate surface area is 131 Å². The van der Waals surface area contributed by atoms with E-state index in [9.17, 15) is 9.59 Å². The van der Waals surface area contributed by atoms with Crippen molar-refractivity contribution >= 4 is 35.1 Å². The Morgan fingerprint density at radius 3 is 2.10 bits per heavy atom. The fourth-order valence-corrected chi connectivity index (χ4v) is 4.64. The van der Waals surface area contributed by atoms with Crippen LogP contribution in [0.3, 0.4) is 0 Å². The lowest BCUT2D eigenvalue weighted by Crippen LogP contribution is -2.12. The molecule has 0 aliphatic carbocycles. The highest BCUT2D eigenvalue weighted by Gasteiger charge is 2.14. The van der Waals surface area contributed by atoms with Crippen LogP contribution in [0.2, 0.25) is 0 Å². The highest BCUT2D eigenvalue weighted by molar-refractivity contribution is 7.99. The van der Waals surface area contributed by atoms with E-state index in [0.29, 0.717) is 11.7 Å². The Hall–Kier alpha value is -0.220. The van der Waals surface area contributed by atoms with Crippen LogP contribution in [0, 0.1) is 5.92 Å². The molecule has 114 valence electrons. The monoisotopic (exact) mass is 314 g/mol. The first-order chi connectivity index (χ1) is 9.58. The summed E-state index contributed by atoms with van der Waals surface area (Å²) < 4.78 is 0. The van der Waals surface area contributed by atoms with Crippen LogP contribution in [0.1, 0.15) is 46.0 Å². The SMILES string of the molecule is CC(=O)C=C1CCSCC1.CC(=O)CC1CCSCC1. The molecule has 4 heteroatoms. The zero-order valence-electron chi connectivity index (χ0n) is 12.7. The van der Waals surface area contributed by atoms with Crippen molar-refractivity contribution in [2.24, 2.45) is 5.92 Å². The lowest BCUT2D eigenvalue weighted by atomic mass is 9.97. The van der Waals surface area contributed by atoms with Gasteiger partial charge >= 0.3 is 0 Å². The van der Waals surface area contributed by atoms with E-state index in [0.717, 1.165) is 19.3 Å². The molecule has 0 unspecified atom stereocenters. The van der Waals surface area contributed by atoms with Gasteiger partial charge in [0.1, 0.15) is 5.78 Å². The fourth-order valence-electron chi connectivity index (χ4n) is 2.42. The number of carbonyl (C=O) groups is 2. The number of hydrogen-bond donors (Lipinski definition) is 0. The summed E-state index contributed by atoms with van der Waals surface area (Å²) in [4.78, 5) is 21.3. The highest BCUT2D eigenvalue weighted by Crippen LogP contribution is 2.25. The minimum Gasteiger partial charge on any atom is -0.300 e. The van der Waals surface area contributed by atoms with Crippen molar-refractivity contribution in [2.45, 2.75) is 46.0 Å². The number of Topliss-reactive ketones (excluding diaryl/α,β-unsaturated/α-hetero) is 1. The molecule has 2 heterocycles. The van der Waals surface area contributed by atoms with Crippen molar-refractivity contribution in [3.8, 4) is 0 Å². The molecule has 0 spiro atoms. The van der Waals surface area contributed by atoms with Crippen LogP contribution in [0.15, 0.2) is 11.6 Å². The number of ketones is 2. The summed E-state index contributed by atoms with van der Waals surface area (Å²) in [5.41, 5.74) is 1.34. The van der Waals surface area contributed by atoms with E-state index in [1.54, 1.807) is 19.9 Å². The van der Waals surface area contributed by atoms with Crippen molar-refractivity contribution in [3.63, 3.8) is 0 Å². The van der Waals surface area contributed by atoms with E-state index >= 15 is 0 Å². The van der Waals surface area contributed by atoms with Gasteiger partial charge in [-0.2, -0.15) is 23.5 Å². The van der Waals surface area contributed by atoms with Gasteiger partial charge in [-0.15, -0.1) is 0 Å². The molecule has 0 aromatic heterocycles. The number of allylic oxidation sites excluding steroid dienone is 2. The van der Waals surface area contributed by atoms with Crippen molar-refractivity contribution in [3.05, 3.63) is 11.6 Å². The van der Waals surface area contributed by atoms with Gasteiger partial charge in [0.25, 0.3) is 0 Å². The topological polar surface area (TPSA) is 34.1 Å². The maximum absolute atomic E-state index is 10.7.